The highest BCUT2D eigenvalue weighted by atomic mass is 35.5. The summed E-state index contributed by atoms with van der Waals surface area (Å²) in [5.74, 6) is -0.277. The van der Waals surface area contributed by atoms with Crippen molar-refractivity contribution in [3.63, 3.8) is 0 Å². The largest absolute Gasteiger partial charge is 0.389 e. The minimum absolute atomic E-state index is 0. The molecule has 292 valence electrons. The van der Waals surface area contributed by atoms with Gasteiger partial charge < -0.3 is 9.80 Å². The lowest BCUT2D eigenvalue weighted by atomic mass is 10.3. The number of carbonyl (C=O) groups is 2. The molecule has 0 spiro atoms. The van der Waals surface area contributed by atoms with Crippen molar-refractivity contribution in [2.24, 2.45) is 0 Å². The zero-order valence-electron chi connectivity index (χ0n) is 28.0. The monoisotopic (exact) mass is 828 g/mol. The minimum Gasteiger partial charge on any atom is -0.308 e. The molecular formula is C33H40Cl2F6N8O2S2. The summed E-state index contributed by atoms with van der Waals surface area (Å²) in [6, 6.07) is 7.21. The average Bonchev–Trinajstić information content (AvgIpc) is 3.68. The van der Waals surface area contributed by atoms with Crippen molar-refractivity contribution < 1.29 is 35.9 Å². The first kappa shape index (κ1) is 47.3. The zero-order valence-corrected chi connectivity index (χ0v) is 31.2. The van der Waals surface area contributed by atoms with Crippen molar-refractivity contribution in [2.45, 2.75) is 52.9 Å². The van der Waals surface area contributed by atoms with Crippen LogP contribution >= 0.6 is 47.6 Å². The van der Waals surface area contributed by atoms with E-state index in [1.807, 2.05) is 13.0 Å². The molecule has 4 heterocycles. The van der Waals surface area contributed by atoms with E-state index in [2.05, 4.69) is 39.4 Å². The summed E-state index contributed by atoms with van der Waals surface area (Å²) in [5, 5.41) is 8.81. The Morgan fingerprint density at radius 2 is 1.32 bits per heavy atom. The Morgan fingerprint density at radius 3 is 1.68 bits per heavy atom. The molecule has 0 aliphatic rings. The summed E-state index contributed by atoms with van der Waals surface area (Å²) < 4.78 is 72.5. The second kappa shape index (κ2) is 23.1. The van der Waals surface area contributed by atoms with E-state index in [0.29, 0.717) is 35.9 Å². The standard InChI is InChI=1S/C16H18ClF3N4OS.C13H13ClN4O.C3H5F3S.CH4/c1-2-23(14(25)5-8-26-9-6-16(18,19)20)13-11-24(22-15(13)17)12-4-3-7-21-10-12;1-3-12(19)17(4-2)11-9-18(16-13(11)14)10-6-5-7-15-8-10;4-3(5,6)1-2-7;/h3-4,7,10-11H,2,5-6,8-9H2,1H3;3,5-9H,1,4H2,2H3;7H,1-2H2;1H4. The van der Waals surface area contributed by atoms with Crippen LogP contribution in [0.15, 0.2) is 74.1 Å². The van der Waals surface area contributed by atoms with Gasteiger partial charge in [-0.2, -0.15) is 60.9 Å². The van der Waals surface area contributed by atoms with E-state index in [4.69, 9.17) is 23.2 Å². The van der Waals surface area contributed by atoms with E-state index < -0.39 is 25.2 Å². The molecule has 0 aromatic carbocycles. The minimum atomic E-state index is -4.17. The number of aromatic nitrogens is 6. The third-order valence-electron chi connectivity index (χ3n) is 6.47. The number of carbonyl (C=O) groups excluding carboxylic acids is 2. The SMILES string of the molecule is C.C=CC(=O)N(CC)c1cn(-c2cccnc2)nc1Cl.CCN(C(=O)CCSCCC(F)(F)F)c1cn(-c2cccnc2)nc1Cl.FC(F)(F)CCS. The Hall–Kier alpha value is -3.74. The number of pyridine rings is 2. The number of anilines is 2. The third kappa shape index (κ3) is 16.4. The molecule has 0 aliphatic carbocycles. The summed E-state index contributed by atoms with van der Waals surface area (Å²) in [6.45, 7) is 8.01. The van der Waals surface area contributed by atoms with Gasteiger partial charge in [0.15, 0.2) is 10.3 Å². The van der Waals surface area contributed by atoms with Crippen LogP contribution in [0.25, 0.3) is 11.4 Å². The van der Waals surface area contributed by atoms with Gasteiger partial charge in [0.25, 0.3) is 0 Å². The van der Waals surface area contributed by atoms with Gasteiger partial charge in [0.05, 0.1) is 49.0 Å². The van der Waals surface area contributed by atoms with Crippen molar-refractivity contribution in [3.8, 4) is 11.4 Å². The van der Waals surface area contributed by atoms with Gasteiger partial charge >= 0.3 is 12.4 Å². The van der Waals surface area contributed by atoms with Gasteiger partial charge in [0.2, 0.25) is 11.8 Å². The number of nitrogens with zero attached hydrogens (tertiary/aromatic N) is 8. The van der Waals surface area contributed by atoms with Crippen molar-refractivity contribution >= 4 is 70.8 Å². The predicted octanol–water partition coefficient (Wildman–Crippen LogP) is 9.31. The Bertz CT molecular complexity index is 1690. The van der Waals surface area contributed by atoms with Gasteiger partial charge in [-0.1, -0.05) is 37.2 Å². The molecule has 0 aliphatic heterocycles. The molecule has 0 unspecified atom stereocenters. The number of amides is 2. The average molecular weight is 830 g/mol. The molecule has 0 radical (unpaired) electrons. The second-order valence-electron chi connectivity index (χ2n) is 10.2. The van der Waals surface area contributed by atoms with E-state index in [1.165, 1.54) is 20.6 Å². The number of thiol groups is 1. The van der Waals surface area contributed by atoms with Crippen LogP contribution in [0, 0.1) is 0 Å². The first-order valence-electron chi connectivity index (χ1n) is 15.4. The summed E-state index contributed by atoms with van der Waals surface area (Å²) >= 11 is 16.8. The maximum Gasteiger partial charge on any atom is 0.389 e. The molecule has 53 heavy (non-hydrogen) atoms. The van der Waals surface area contributed by atoms with Crippen LogP contribution in [0.3, 0.4) is 0 Å². The molecule has 0 bridgehead atoms. The number of thioether (sulfide) groups is 1. The van der Waals surface area contributed by atoms with Gasteiger partial charge in [-0.3, -0.25) is 19.6 Å². The number of hydrogen-bond acceptors (Lipinski definition) is 8. The molecule has 4 rings (SSSR count). The number of rotatable bonds is 13. The molecule has 0 atom stereocenters. The van der Waals surface area contributed by atoms with Crippen molar-refractivity contribution in [1.29, 1.82) is 0 Å². The van der Waals surface area contributed by atoms with Crippen LogP contribution in [0.2, 0.25) is 10.3 Å². The van der Waals surface area contributed by atoms with Gasteiger partial charge in [-0.05, 0) is 49.9 Å². The van der Waals surface area contributed by atoms with Gasteiger partial charge in [-0.25, -0.2) is 9.36 Å². The lowest BCUT2D eigenvalue weighted by Crippen LogP contribution is -2.30. The van der Waals surface area contributed by atoms with Crippen molar-refractivity contribution in [1.82, 2.24) is 29.5 Å². The van der Waals surface area contributed by atoms with Crippen LogP contribution in [0.5, 0.6) is 0 Å². The topological polar surface area (TPSA) is 102 Å². The number of likely N-dealkylation sites (N-methyl/N-ethyl adjacent to an activating group) is 1. The fourth-order valence-corrected chi connectivity index (χ4v) is 5.66. The third-order valence-corrected chi connectivity index (χ3v) is 8.21. The van der Waals surface area contributed by atoms with Crippen LogP contribution in [-0.4, -0.2) is 84.0 Å². The lowest BCUT2D eigenvalue weighted by molar-refractivity contribution is -0.130. The van der Waals surface area contributed by atoms with Gasteiger partial charge in [0.1, 0.15) is 11.4 Å². The Kier molecular flexibility index (Phi) is 20.6. The number of hydrogen-bond donors (Lipinski definition) is 1. The maximum atomic E-state index is 12.4. The van der Waals surface area contributed by atoms with E-state index in [0.717, 1.165) is 17.4 Å². The Labute approximate surface area is 324 Å². The molecule has 10 nitrogen and oxygen atoms in total. The number of halogens is 8. The second-order valence-corrected chi connectivity index (χ2v) is 12.6. The van der Waals surface area contributed by atoms with Crippen LogP contribution < -0.4 is 9.80 Å². The van der Waals surface area contributed by atoms with Crippen molar-refractivity contribution in [3.05, 3.63) is 84.4 Å². The first-order chi connectivity index (χ1) is 24.5. The summed E-state index contributed by atoms with van der Waals surface area (Å²) in [5.41, 5.74) is 2.49. The fraction of sp³-hybridized carbons (Fsp3) is 0.394. The van der Waals surface area contributed by atoms with E-state index in [-0.39, 0.29) is 47.5 Å². The molecule has 2 amide bonds. The Balaban J connectivity index is 0.000000455. The van der Waals surface area contributed by atoms with Crippen molar-refractivity contribution in [2.75, 3.05) is 40.1 Å². The van der Waals surface area contributed by atoms with E-state index in [1.54, 1.807) is 67.0 Å². The first-order valence-corrected chi connectivity index (χ1v) is 18.0. The molecule has 0 saturated heterocycles. The Morgan fingerprint density at radius 1 is 0.849 bits per heavy atom. The predicted molar refractivity (Wildman–Crippen MR) is 203 cm³/mol. The number of alkyl halides is 6. The summed E-state index contributed by atoms with van der Waals surface area (Å²) in [6.07, 6.45) is 1.46. The normalized spacial score (nSPS) is 10.9. The molecule has 20 heteroatoms. The van der Waals surface area contributed by atoms with E-state index in [9.17, 15) is 35.9 Å². The zero-order chi connectivity index (χ0) is 38.9. The molecular weight excluding hydrogens is 789 g/mol. The quantitative estimate of drug-likeness (QED) is 0.0621. The molecule has 4 aromatic rings. The van der Waals surface area contributed by atoms with Crippen LogP contribution in [-0.2, 0) is 9.59 Å². The lowest BCUT2D eigenvalue weighted by Gasteiger charge is -2.19. The molecule has 4 aromatic heterocycles. The highest BCUT2D eigenvalue weighted by Crippen LogP contribution is 2.28. The summed E-state index contributed by atoms with van der Waals surface area (Å²) in [7, 11) is 0. The van der Waals surface area contributed by atoms with Gasteiger partial charge in [-0.15, -0.1) is 0 Å². The van der Waals surface area contributed by atoms with Crippen LogP contribution in [0.4, 0.5) is 37.7 Å². The smallest absolute Gasteiger partial charge is 0.308 e. The van der Waals surface area contributed by atoms with Crippen LogP contribution in [0.1, 0.15) is 40.5 Å². The molecule has 0 saturated carbocycles. The highest BCUT2D eigenvalue weighted by Gasteiger charge is 2.27. The van der Waals surface area contributed by atoms with E-state index >= 15 is 0 Å². The maximum absolute atomic E-state index is 12.4. The fourth-order valence-electron chi connectivity index (χ4n) is 4.04. The molecule has 0 fully saturated rings. The molecule has 0 N–H and O–H groups in total. The summed E-state index contributed by atoms with van der Waals surface area (Å²) in [4.78, 5) is 35.2. The highest BCUT2D eigenvalue weighted by molar-refractivity contribution is 7.99. The van der Waals surface area contributed by atoms with Gasteiger partial charge in [0, 0.05) is 43.4 Å².